The Kier molecular flexibility index (Phi) is 5.21. The lowest BCUT2D eigenvalue weighted by atomic mass is 10.1. The number of rotatable bonds is 4. The molecule has 0 radical (unpaired) electrons. The van der Waals surface area contributed by atoms with Crippen LogP contribution in [0.1, 0.15) is 5.56 Å². The molecule has 6 heteroatoms. The standard InChI is InChI=1S/C14H21ClN4S/c1-18-5-6-19(2)11(9-18)8-17-13-4-3-10(15)7-12(13)14(16)20/h3-4,7,11,17H,5-6,8-9H2,1-2H3,(H2,16,20). The number of likely N-dealkylation sites (N-methyl/N-ethyl adjacent to an activating group) is 2. The summed E-state index contributed by atoms with van der Waals surface area (Å²) in [6.07, 6.45) is 0. The average Bonchev–Trinajstić information content (AvgIpc) is 2.40. The van der Waals surface area contributed by atoms with Crippen LogP contribution in [0.2, 0.25) is 5.02 Å². The van der Waals surface area contributed by atoms with E-state index in [1.54, 1.807) is 0 Å². The minimum Gasteiger partial charge on any atom is -0.389 e. The highest BCUT2D eigenvalue weighted by atomic mass is 35.5. The van der Waals surface area contributed by atoms with Gasteiger partial charge in [0.15, 0.2) is 0 Å². The van der Waals surface area contributed by atoms with Gasteiger partial charge in [-0.05, 0) is 32.3 Å². The molecular weight excluding hydrogens is 292 g/mol. The van der Waals surface area contributed by atoms with Crippen LogP contribution in [0.3, 0.4) is 0 Å². The van der Waals surface area contributed by atoms with Crippen LogP contribution >= 0.6 is 23.8 Å². The maximum atomic E-state index is 5.99. The summed E-state index contributed by atoms with van der Waals surface area (Å²) in [5.74, 6) is 0. The van der Waals surface area contributed by atoms with Gasteiger partial charge in [-0.15, -0.1) is 0 Å². The molecule has 4 nitrogen and oxygen atoms in total. The lowest BCUT2D eigenvalue weighted by molar-refractivity contribution is 0.122. The molecule has 1 fully saturated rings. The topological polar surface area (TPSA) is 44.5 Å². The van der Waals surface area contributed by atoms with Crippen molar-refractivity contribution in [3.8, 4) is 0 Å². The van der Waals surface area contributed by atoms with Crippen LogP contribution in [0.25, 0.3) is 0 Å². The van der Waals surface area contributed by atoms with Gasteiger partial charge >= 0.3 is 0 Å². The maximum absolute atomic E-state index is 5.99. The highest BCUT2D eigenvalue weighted by Crippen LogP contribution is 2.21. The molecule has 3 N–H and O–H groups in total. The van der Waals surface area contributed by atoms with E-state index in [1.807, 2.05) is 18.2 Å². The lowest BCUT2D eigenvalue weighted by Crippen LogP contribution is -2.52. The third-order valence-corrected chi connectivity index (χ3v) is 4.21. The van der Waals surface area contributed by atoms with Crippen molar-refractivity contribution < 1.29 is 0 Å². The summed E-state index contributed by atoms with van der Waals surface area (Å²) in [5.41, 5.74) is 7.51. The molecule has 1 aromatic carbocycles. The van der Waals surface area contributed by atoms with Gasteiger partial charge in [-0.1, -0.05) is 23.8 Å². The zero-order valence-corrected chi connectivity index (χ0v) is 13.5. The van der Waals surface area contributed by atoms with Crippen molar-refractivity contribution >= 4 is 34.5 Å². The van der Waals surface area contributed by atoms with Gasteiger partial charge in [0.1, 0.15) is 4.99 Å². The molecule has 1 aromatic rings. The number of anilines is 1. The number of halogens is 1. The molecule has 110 valence electrons. The van der Waals surface area contributed by atoms with Gasteiger partial charge in [0.2, 0.25) is 0 Å². The molecule has 0 bridgehead atoms. The van der Waals surface area contributed by atoms with Crippen molar-refractivity contribution in [2.45, 2.75) is 6.04 Å². The predicted octanol–water partition coefficient (Wildman–Crippen LogP) is 1.63. The molecule has 1 aliphatic heterocycles. The molecule has 0 aromatic heterocycles. The molecule has 1 heterocycles. The molecule has 1 aliphatic rings. The largest absolute Gasteiger partial charge is 0.389 e. The second-order valence-electron chi connectivity index (χ2n) is 5.33. The zero-order valence-electron chi connectivity index (χ0n) is 11.9. The first kappa shape index (κ1) is 15.5. The highest BCUT2D eigenvalue weighted by Gasteiger charge is 2.22. The van der Waals surface area contributed by atoms with Crippen molar-refractivity contribution in [3.63, 3.8) is 0 Å². The second kappa shape index (κ2) is 6.72. The maximum Gasteiger partial charge on any atom is 0.106 e. The second-order valence-corrected chi connectivity index (χ2v) is 6.21. The quantitative estimate of drug-likeness (QED) is 0.828. The minimum atomic E-state index is 0.365. The Bertz CT molecular complexity index is 494. The predicted molar refractivity (Wildman–Crippen MR) is 89.7 cm³/mol. The van der Waals surface area contributed by atoms with Crippen molar-refractivity contribution in [1.82, 2.24) is 9.80 Å². The van der Waals surface area contributed by atoms with Crippen molar-refractivity contribution in [2.75, 3.05) is 45.6 Å². The first-order valence-electron chi connectivity index (χ1n) is 6.69. The first-order chi connectivity index (χ1) is 9.47. The van der Waals surface area contributed by atoms with Crippen LogP contribution in [0.5, 0.6) is 0 Å². The molecular formula is C14H21ClN4S. The highest BCUT2D eigenvalue weighted by molar-refractivity contribution is 7.80. The minimum absolute atomic E-state index is 0.365. The smallest absolute Gasteiger partial charge is 0.106 e. The van der Waals surface area contributed by atoms with E-state index in [0.717, 1.165) is 37.4 Å². The van der Waals surface area contributed by atoms with Crippen LogP contribution in [0, 0.1) is 0 Å². The first-order valence-corrected chi connectivity index (χ1v) is 7.48. The number of nitrogens with zero attached hydrogens (tertiary/aromatic N) is 2. The van der Waals surface area contributed by atoms with Crippen molar-refractivity contribution in [3.05, 3.63) is 28.8 Å². The normalized spacial score (nSPS) is 20.9. The van der Waals surface area contributed by atoms with Gasteiger partial charge in [0.25, 0.3) is 0 Å². The van der Waals surface area contributed by atoms with Gasteiger partial charge in [-0.3, -0.25) is 4.90 Å². The number of nitrogens with one attached hydrogen (secondary N) is 1. The van der Waals surface area contributed by atoms with Gasteiger partial charge in [-0.25, -0.2) is 0 Å². The lowest BCUT2D eigenvalue weighted by Gasteiger charge is -2.38. The van der Waals surface area contributed by atoms with Gasteiger partial charge in [0.05, 0.1) is 0 Å². The fraction of sp³-hybridized carbons (Fsp3) is 0.500. The molecule has 2 rings (SSSR count). The fourth-order valence-electron chi connectivity index (χ4n) is 2.42. The van der Waals surface area contributed by atoms with E-state index in [1.165, 1.54) is 0 Å². The number of nitrogens with two attached hydrogens (primary N) is 1. The molecule has 20 heavy (non-hydrogen) atoms. The summed E-state index contributed by atoms with van der Waals surface area (Å²) < 4.78 is 0. The summed E-state index contributed by atoms with van der Waals surface area (Å²) in [4.78, 5) is 5.09. The van der Waals surface area contributed by atoms with E-state index in [2.05, 4.69) is 29.2 Å². The van der Waals surface area contributed by atoms with Crippen LogP contribution in [-0.4, -0.2) is 61.1 Å². The van der Waals surface area contributed by atoms with E-state index in [9.17, 15) is 0 Å². The Labute approximate surface area is 130 Å². The third kappa shape index (κ3) is 3.82. The number of hydrogen-bond acceptors (Lipinski definition) is 4. The Hall–Kier alpha value is -0.880. The molecule has 1 atom stereocenters. The average molecular weight is 313 g/mol. The van der Waals surface area contributed by atoms with Crippen molar-refractivity contribution in [2.24, 2.45) is 5.73 Å². The van der Waals surface area contributed by atoms with E-state index >= 15 is 0 Å². The number of thiocarbonyl (C=S) groups is 1. The molecule has 0 amide bonds. The Morgan fingerprint density at radius 3 is 2.90 bits per heavy atom. The van der Waals surface area contributed by atoms with E-state index in [-0.39, 0.29) is 0 Å². The molecule has 1 unspecified atom stereocenters. The Morgan fingerprint density at radius 1 is 1.45 bits per heavy atom. The fourth-order valence-corrected chi connectivity index (χ4v) is 2.77. The van der Waals surface area contributed by atoms with E-state index in [4.69, 9.17) is 29.6 Å². The summed E-state index contributed by atoms with van der Waals surface area (Å²) in [6.45, 7) is 4.12. The molecule has 0 saturated carbocycles. The summed E-state index contributed by atoms with van der Waals surface area (Å²) in [6, 6.07) is 6.07. The van der Waals surface area contributed by atoms with Gasteiger partial charge in [-0.2, -0.15) is 0 Å². The van der Waals surface area contributed by atoms with E-state index < -0.39 is 0 Å². The van der Waals surface area contributed by atoms with E-state index in [0.29, 0.717) is 16.1 Å². The molecule has 0 spiro atoms. The summed E-state index contributed by atoms with van der Waals surface area (Å²) in [7, 11) is 4.32. The van der Waals surface area contributed by atoms with Crippen LogP contribution in [0.4, 0.5) is 5.69 Å². The third-order valence-electron chi connectivity index (χ3n) is 3.76. The number of hydrogen-bond donors (Lipinski definition) is 2. The van der Waals surface area contributed by atoms with Gasteiger partial charge in [0, 0.05) is 48.5 Å². The Balaban J connectivity index is 2.05. The monoisotopic (exact) mass is 312 g/mol. The number of benzene rings is 1. The number of piperazine rings is 1. The SMILES string of the molecule is CN1CCN(C)C(CNc2ccc(Cl)cc2C(N)=S)C1. The molecule has 0 aliphatic carbocycles. The van der Waals surface area contributed by atoms with Crippen LogP contribution < -0.4 is 11.1 Å². The van der Waals surface area contributed by atoms with Crippen LogP contribution in [0.15, 0.2) is 18.2 Å². The summed E-state index contributed by atoms with van der Waals surface area (Å²) in [5, 5.41) is 4.09. The van der Waals surface area contributed by atoms with Crippen molar-refractivity contribution in [1.29, 1.82) is 0 Å². The molecule has 1 saturated heterocycles. The van der Waals surface area contributed by atoms with Crippen LogP contribution in [-0.2, 0) is 0 Å². The van der Waals surface area contributed by atoms with Gasteiger partial charge < -0.3 is 16.0 Å². The Morgan fingerprint density at radius 2 is 2.20 bits per heavy atom. The summed E-state index contributed by atoms with van der Waals surface area (Å²) >= 11 is 11.1. The zero-order chi connectivity index (χ0) is 14.7.